The van der Waals surface area contributed by atoms with Crippen molar-refractivity contribution < 1.29 is 9.53 Å². The van der Waals surface area contributed by atoms with E-state index in [1.54, 1.807) is 0 Å². The molecule has 3 atom stereocenters. The lowest BCUT2D eigenvalue weighted by atomic mass is 9.74. The van der Waals surface area contributed by atoms with Crippen LogP contribution in [0.5, 0.6) is 0 Å². The van der Waals surface area contributed by atoms with Crippen molar-refractivity contribution in [1.29, 1.82) is 0 Å². The van der Waals surface area contributed by atoms with Crippen LogP contribution in [-0.2, 0) is 9.53 Å². The van der Waals surface area contributed by atoms with E-state index in [-0.39, 0.29) is 5.97 Å². The van der Waals surface area contributed by atoms with Crippen LogP contribution in [0.15, 0.2) is 0 Å². The largest absolute Gasteiger partial charge is 0.466 e. The van der Waals surface area contributed by atoms with Crippen LogP contribution in [0.1, 0.15) is 46.5 Å². The normalized spacial score (nSPS) is 32.6. The second kappa shape index (κ2) is 5.38. The van der Waals surface area contributed by atoms with Crippen molar-refractivity contribution in [3.8, 4) is 0 Å². The van der Waals surface area contributed by atoms with Crippen molar-refractivity contribution in [3.63, 3.8) is 0 Å². The van der Waals surface area contributed by atoms with Crippen molar-refractivity contribution in [3.05, 3.63) is 0 Å². The summed E-state index contributed by atoms with van der Waals surface area (Å²) in [5, 5.41) is 0. The molecular formula is C12H22O2. The van der Waals surface area contributed by atoms with E-state index in [0.717, 1.165) is 11.8 Å². The fourth-order valence-electron chi connectivity index (χ4n) is 2.34. The number of carbonyl (C=O) groups excluding carboxylic acids is 1. The Balaban J connectivity index is 2.36. The molecule has 0 aromatic carbocycles. The summed E-state index contributed by atoms with van der Waals surface area (Å²) >= 11 is 0. The maximum atomic E-state index is 10.7. The Labute approximate surface area is 87.0 Å². The molecule has 0 spiro atoms. The van der Waals surface area contributed by atoms with Crippen LogP contribution in [0.25, 0.3) is 0 Å². The Morgan fingerprint density at radius 1 is 1.43 bits per heavy atom. The van der Waals surface area contributed by atoms with E-state index in [1.165, 1.54) is 32.6 Å². The number of ether oxygens (including phenoxy) is 1. The Morgan fingerprint density at radius 3 is 2.71 bits per heavy atom. The van der Waals surface area contributed by atoms with Crippen LogP contribution in [0.2, 0.25) is 0 Å². The first-order valence-corrected chi connectivity index (χ1v) is 5.76. The number of carbonyl (C=O) groups is 1. The van der Waals surface area contributed by atoms with E-state index in [1.807, 2.05) is 0 Å². The zero-order chi connectivity index (χ0) is 10.6. The molecule has 0 aromatic rings. The van der Waals surface area contributed by atoms with E-state index in [2.05, 4.69) is 13.8 Å². The summed E-state index contributed by atoms with van der Waals surface area (Å²) in [5.74, 6) is 2.03. The Hall–Kier alpha value is -0.530. The van der Waals surface area contributed by atoms with Gasteiger partial charge in [-0.3, -0.25) is 4.79 Å². The SMILES string of the molecule is CC[C@@H]1CC[C@H](C)C(COC(C)=O)C1. The minimum absolute atomic E-state index is 0.143. The van der Waals surface area contributed by atoms with Crippen LogP contribution in [0.4, 0.5) is 0 Å². The van der Waals surface area contributed by atoms with Gasteiger partial charge in [0.2, 0.25) is 0 Å². The highest BCUT2D eigenvalue weighted by Crippen LogP contribution is 2.35. The lowest BCUT2D eigenvalue weighted by Crippen LogP contribution is -2.27. The average molecular weight is 198 g/mol. The lowest BCUT2D eigenvalue weighted by molar-refractivity contribution is -0.143. The molecule has 2 nitrogen and oxygen atoms in total. The second-order valence-corrected chi connectivity index (χ2v) is 4.63. The molecule has 0 aromatic heterocycles. The third-order valence-electron chi connectivity index (χ3n) is 3.55. The molecule has 1 saturated carbocycles. The maximum Gasteiger partial charge on any atom is 0.302 e. The van der Waals surface area contributed by atoms with Gasteiger partial charge >= 0.3 is 5.97 Å². The Kier molecular flexibility index (Phi) is 4.43. The quantitative estimate of drug-likeness (QED) is 0.652. The van der Waals surface area contributed by atoms with Crippen LogP contribution in [0.3, 0.4) is 0 Å². The van der Waals surface area contributed by atoms with Crippen LogP contribution in [0, 0.1) is 17.8 Å². The molecule has 0 heterocycles. The standard InChI is InChI=1S/C12H22O2/c1-4-11-6-5-9(2)12(7-11)8-14-10(3)13/h9,11-12H,4-8H2,1-3H3/t9-,11+,12?/m0/s1. The average Bonchev–Trinajstić information content (AvgIpc) is 2.16. The highest BCUT2D eigenvalue weighted by Gasteiger charge is 2.27. The number of hydrogen-bond acceptors (Lipinski definition) is 2. The van der Waals surface area contributed by atoms with Gasteiger partial charge in [0.1, 0.15) is 0 Å². The van der Waals surface area contributed by atoms with Gasteiger partial charge in [0, 0.05) is 6.92 Å². The van der Waals surface area contributed by atoms with Gasteiger partial charge in [-0.25, -0.2) is 0 Å². The molecule has 1 fully saturated rings. The van der Waals surface area contributed by atoms with Gasteiger partial charge in [0.25, 0.3) is 0 Å². The first-order valence-electron chi connectivity index (χ1n) is 5.76. The zero-order valence-corrected chi connectivity index (χ0v) is 9.58. The van der Waals surface area contributed by atoms with Gasteiger partial charge in [-0.2, -0.15) is 0 Å². The predicted molar refractivity (Wildman–Crippen MR) is 56.9 cm³/mol. The first-order chi connectivity index (χ1) is 6.63. The fourth-order valence-corrected chi connectivity index (χ4v) is 2.34. The molecule has 1 rings (SSSR count). The van der Waals surface area contributed by atoms with E-state index in [0.29, 0.717) is 12.5 Å². The topological polar surface area (TPSA) is 26.3 Å². The van der Waals surface area contributed by atoms with Gasteiger partial charge in [-0.05, 0) is 24.2 Å². The molecule has 0 N–H and O–H groups in total. The number of hydrogen-bond donors (Lipinski definition) is 0. The van der Waals surface area contributed by atoms with Crippen molar-refractivity contribution in [2.45, 2.75) is 46.5 Å². The summed E-state index contributed by atoms with van der Waals surface area (Å²) in [5.41, 5.74) is 0. The van der Waals surface area contributed by atoms with Crippen molar-refractivity contribution in [2.75, 3.05) is 6.61 Å². The maximum absolute atomic E-state index is 10.7. The molecule has 0 radical (unpaired) electrons. The van der Waals surface area contributed by atoms with Gasteiger partial charge in [-0.15, -0.1) is 0 Å². The third-order valence-corrected chi connectivity index (χ3v) is 3.55. The van der Waals surface area contributed by atoms with Gasteiger partial charge < -0.3 is 4.74 Å². The molecule has 2 heteroatoms. The third kappa shape index (κ3) is 3.32. The molecule has 14 heavy (non-hydrogen) atoms. The summed E-state index contributed by atoms with van der Waals surface area (Å²) in [6.07, 6.45) is 5.16. The highest BCUT2D eigenvalue weighted by molar-refractivity contribution is 5.65. The minimum atomic E-state index is -0.143. The van der Waals surface area contributed by atoms with E-state index in [4.69, 9.17) is 4.74 Å². The number of esters is 1. The monoisotopic (exact) mass is 198 g/mol. The van der Waals surface area contributed by atoms with Gasteiger partial charge in [-0.1, -0.05) is 33.1 Å². The molecule has 0 aliphatic heterocycles. The molecule has 1 aliphatic rings. The predicted octanol–water partition coefficient (Wildman–Crippen LogP) is 3.01. The molecule has 1 aliphatic carbocycles. The van der Waals surface area contributed by atoms with E-state index in [9.17, 15) is 4.79 Å². The smallest absolute Gasteiger partial charge is 0.302 e. The first kappa shape index (κ1) is 11.5. The lowest BCUT2D eigenvalue weighted by Gasteiger charge is -2.33. The summed E-state index contributed by atoms with van der Waals surface area (Å²) in [6, 6.07) is 0. The fraction of sp³-hybridized carbons (Fsp3) is 0.917. The van der Waals surface area contributed by atoms with Crippen molar-refractivity contribution in [2.24, 2.45) is 17.8 Å². The molecule has 0 amide bonds. The molecule has 1 unspecified atom stereocenters. The van der Waals surface area contributed by atoms with Crippen LogP contribution < -0.4 is 0 Å². The summed E-state index contributed by atoms with van der Waals surface area (Å²) < 4.78 is 5.11. The summed E-state index contributed by atoms with van der Waals surface area (Å²) in [6.45, 7) is 6.65. The van der Waals surface area contributed by atoms with E-state index < -0.39 is 0 Å². The summed E-state index contributed by atoms with van der Waals surface area (Å²) in [4.78, 5) is 10.7. The Bertz CT molecular complexity index is 189. The molecule has 0 saturated heterocycles. The summed E-state index contributed by atoms with van der Waals surface area (Å²) in [7, 11) is 0. The molecular weight excluding hydrogens is 176 g/mol. The van der Waals surface area contributed by atoms with Crippen molar-refractivity contribution >= 4 is 5.97 Å². The highest BCUT2D eigenvalue weighted by atomic mass is 16.5. The van der Waals surface area contributed by atoms with Gasteiger partial charge in [0.05, 0.1) is 6.61 Å². The van der Waals surface area contributed by atoms with Crippen LogP contribution in [-0.4, -0.2) is 12.6 Å². The van der Waals surface area contributed by atoms with Crippen molar-refractivity contribution in [1.82, 2.24) is 0 Å². The minimum Gasteiger partial charge on any atom is -0.466 e. The molecule has 0 bridgehead atoms. The number of rotatable bonds is 3. The van der Waals surface area contributed by atoms with E-state index >= 15 is 0 Å². The van der Waals surface area contributed by atoms with Gasteiger partial charge in [0.15, 0.2) is 0 Å². The zero-order valence-electron chi connectivity index (χ0n) is 9.58. The second-order valence-electron chi connectivity index (χ2n) is 4.63. The molecule has 82 valence electrons. The Morgan fingerprint density at radius 2 is 2.14 bits per heavy atom. The van der Waals surface area contributed by atoms with Crippen LogP contribution >= 0.6 is 0 Å².